The highest BCUT2D eigenvalue weighted by molar-refractivity contribution is 5.89. The van der Waals surface area contributed by atoms with Crippen molar-refractivity contribution in [2.24, 2.45) is 5.92 Å². The second-order valence-corrected chi connectivity index (χ2v) is 9.03. The molecule has 4 rings (SSSR count). The number of carbonyl (C=O) groups excluding carboxylic acids is 3. The van der Waals surface area contributed by atoms with E-state index in [2.05, 4.69) is 10.3 Å². The third-order valence-corrected chi connectivity index (χ3v) is 6.81. The molecular weight excluding hydrogens is 404 g/mol. The molecular formula is C25H34N4O3. The molecule has 0 radical (unpaired) electrons. The van der Waals surface area contributed by atoms with Crippen LogP contribution in [0.5, 0.6) is 0 Å². The number of para-hydroxylation sites is 1. The third kappa shape index (κ3) is 5.50. The summed E-state index contributed by atoms with van der Waals surface area (Å²) in [7, 11) is 0. The highest BCUT2D eigenvalue weighted by Crippen LogP contribution is 2.23. The summed E-state index contributed by atoms with van der Waals surface area (Å²) < 4.78 is 0. The minimum Gasteiger partial charge on any atom is -0.361 e. The summed E-state index contributed by atoms with van der Waals surface area (Å²) in [6.07, 6.45) is 8.22. The first kappa shape index (κ1) is 22.4. The standard InChI is InChI=1S/C25H34N4O3/c30-23-11-16-29(13-6-2-1-5-12-26-23)25(32)19-9-14-28(15-10-19)24(31)17-20-18-27-22-8-4-3-7-21(20)22/h3-4,7-8,18-19,27H,1-2,5-6,9-17H2,(H,26,30). The molecule has 0 aliphatic carbocycles. The van der Waals surface area contributed by atoms with Crippen molar-refractivity contribution in [3.63, 3.8) is 0 Å². The van der Waals surface area contributed by atoms with Crippen molar-refractivity contribution in [3.8, 4) is 0 Å². The van der Waals surface area contributed by atoms with Crippen LogP contribution in [0, 0.1) is 5.92 Å². The number of nitrogens with one attached hydrogen (secondary N) is 2. The van der Waals surface area contributed by atoms with Crippen LogP contribution in [0.4, 0.5) is 0 Å². The van der Waals surface area contributed by atoms with Crippen molar-refractivity contribution in [1.82, 2.24) is 20.1 Å². The SMILES string of the molecule is O=C1CCN(C(=O)C2CCN(C(=O)Cc3c[nH]c4ccccc34)CC2)CCCCCCN1. The zero-order valence-corrected chi connectivity index (χ0v) is 18.8. The molecule has 7 nitrogen and oxygen atoms in total. The third-order valence-electron chi connectivity index (χ3n) is 6.81. The Balaban J connectivity index is 1.30. The Labute approximate surface area is 189 Å². The molecule has 2 aliphatic heterocycles. The van der Waals surface area contributed by atoms with E-state index in [1.54, 1.807) is 0 Å². The maximum Gasteiger partial charge on any atom is 0.227 e. The summed E-state index contributed by atoms with van der Waals surface area (Å²) in [5.74, 6) is 0.246. The Morgan fingerprint density at radius 1 is 0.938 bits per heavy atom. The van der Waals surface area contributed by atoms with Crippen molar-refractivity contribution in [2.45, 2.75) is 51.4 Å². The van der Waals surface area contributed by atoms with Crippen LogP contribution < -0.4 is 5.32 Å². The second-order valence-electron chi connectivity index (χ2n) is 9.03. The van der Waals surface area contributed by atoms with E-state index in [9.17, 15) is 14.4 Å². The first-order valence-corrected chi connectivity index (χ1v) is 12.0. The lowest BCUT2D eigenvalue weighted by molar-refractivity contribution is -0.141. The molecule has 2 aliphatic rings. The van der Waals surface area contributed by atoms with Gasteiger partial charge in [0.15, 0.2) is 0 Å². The Kier molecular flexibility index (Phi) is 7.45. The minimum absolute atomic E-state index is 0.0300. The molecule has 172 valence electrons. The summed E-state index contributed by atoms with van der Waals surface area (Å²) >= 11 is 0. The van der Waals surface area contributed by atoms with Gasteiger partial charge >= 0.3 is 0 Å². The van der Waals surface area contributed by atoms with Crippen LogP contribution in [-0.2, 0) is 20.8 Å². The Morgan fingerprint density at radius 2 is 1.72 bits per heavy atom. The maximum atomic E-state index is 13.2. The number of amides is 3. The number of benzene rings is 1. The predicted octanol–water partition coefficient (Wildman–Crippen LogP) is 2.86. The lowest BCUT2D eigenvalue weighted by Gasteiger charge is -2.34. The van der Waals surface area contributed by atoms with E-state index in [0.29, 0.717) is 45.3 Å². The van der Waals surface area contributed by atoms with Gasteiger partial charge in [-0.2, -0.15) is 0 Å². The molecule has 0 spiro atoms. The van der Waals surface area contributed by atoms with Gasteiger partial charge < -0.3 is 20.1 Å². The maximum absolute atomic E-state index is 13.2. The fourth-order valence-electron chi connectivity index (χ4n) is 4.85. The molecule has 0 unspecified atom stereocenters. The Bertz CT molecular complexity index is 946. The predicted molar refractivity (Wildman–Crippen MR) is 124 cm³/mol. The van der Waals surface area contributed by atoms with Crippen molar-refractivity contribution in [2.75, 3.05) is 32.7 Å². The van der Waals surface area contributed by atoms with Gasteiger partial charge in [-0.05, 0) is 37.3 Å². The fraction of sp³-hybridized carbons (Fsp3) is 0.560. The molecule has 2 N–H and O–H groups in total. The number of fused-ring (bicyclic) bond motifs is 1. The molecule has 2 saturated heterocycles. The number of rotatable bonds is 3. The minimum atomic E-state index is -0.0553. The average molecular weight is 439 g/mol. The van der Waals surface area contributed by atoms with Crippen LogP contribution in [0.1, 0.15) is 50.5 Å². The van der Waals surface area contributed by atoms with Crippen molar-refractivity contribution in [3.05, 3.63) is 36.0 Å². The normalized spacial score (nSPS) is 19.4. The molecule has 0 bridgehead atoms. The highest BCUT2D eigenvalue weighted by Gasteiger charge is 2.30. The van der Waals surface area contributed by atoms with Crippen LogP contribution >= 0.6 is 0 Å². The van der Waals surface area contributed by atoms with Crippen LogP contribution in [0.2, 0.25) is 0 Å². The molecule has 2 aromatic rings. The lowest BCUT2D eigenvalue weighted by atomic mass is 9.94. The summed E-state index contributed by atoms with van der Waals surface area (Å²) in [6.45, 7) is 3.19. The van der Waals surface area contributed by atoms with E-state index in [-0.39, 0.29) is 23.6 Å². The van der Waals surface area contributed by atoms with Gasteiger partial charge in [0, 0.05) is 62.2 Å². The zero-order valence-electron chi connectivity index (χ0n) is 18.8. The van der Waals surface area contributed by atoms with Crippen molar-refractivity contribution < 1.29 is 14.4 Å². The largest absolute Gasteiger partial charge is 0.361 e. The number of aromatic nitrogens is 1. The molecule has 32 heavy (non-hydrogen) atoms. The van der Waals surface area contributed by atoms with Gasteiger partial charge in [0.05, 0.1) is 6.42 Å². The van der Waals surface area contributed by atoms with Gasteiger partial charge in [-0.3, -0.25) is 14.4 Å². The van der Waals surface area contributed by atoms with E-state index in [0.717, 1.165) is 55.2 Å². The number of nitrogens with zero attached hydrogens (tertiary/aromatic N) is 2. The average Bonchev–Trinajstić information content (AvgIpc) is 3.20. The fourth-order valence-corrected chi connectivity index (χ4v) is 4.85. The number of carbonyl (C=O) groups is 3. The highest BCUT2D eigenvalue weighted by atomic mass is 16.2. The number of hydrogen-bond acceptors (Lipinski definition) is 3. The number of aromatic amines is 1. The topological polar surface area (TPSA) is 85.5 Å². The zero-order chi connectivity index (χ0) is 22.3. The van der Waals surface area contributed by atoms with Crippen LogP contribution in [0.15, 0.2) is 30.5 Å². The molecule has 0 atom stereocenters. The quantitative estimate of drug-likeness (QED) is 0.773. The number of hydrogen-bond donors (Lipinski definition) is 2. The van der Waals surface area contributed by atoms with E-state index in [1.165, 1.54) is 0 Å². The molecule has 7 heteroatoms. The van der Waals surface area contributed by atoms with Crippen LogP contribution in [0.3, 0.4) is 0 Å². The number of piperidine rings is 1. The van der Waals surface area contributed by atoms with E-state index >= 15 is 0 Å². The van der Waals surface area contributed by atoms with Crippen molar-refractivity contribution >= 4 is 28.6 Å². The van der Waals surface area contributed by atoms with Gasteiger partial charge in [0.25, 0.3) is 0 Å². The summed E-state index contributed by atoms with van der Waals surface area (Å²) in [5.41, 5.74) is 2.06. The number of H-pyrrole nitrogens is 1. The smallest absolute Gasteiger partial charge is 0.227 e. The second kappa shape index (κ2) is 10.7. The summed E-state index contributed by atoms with van der Waals surface area (Å²) in [4.78, 5) is 45.1. The molecule has 3 heterocycles. The lowest BCUT2D eigenvalue weighted by Crippen LogP contribution is -2.45. The molecule has 0 saturated carbocycles. The van der Waals surface area contributed by atoms with Gasteiger partial charge in [0.2, 0.25) is 17.7 Å². The molecule has 3 amide bonds. The van der Waals surface area contributed by atoms with E-state index in [4.69, 9.17) is 0 Å². The van der Waals surface area contributed by atoms with Crippen LogP contribution in [0.25, 0.3) is 10.9 Å². The Morgan fingerprint density at radius 3 is 2.56 bits per heavy atom. The molecule has 2 fully saturated rings. The van der Waals surface area contributed by atoms with E-state index in [1.807, 2.05) is 40.3 Å². The van der Waals surface area contributed by atoms with Gasteiger partial charge in [0.1, 0.15) is 0 Å². The van der Waals surface area contributed by atoms with Gasteiger partial charge in [-0.25, -0.2) is 0 Å². The van der Waals surface area contributed by atoms with Gasteiger partial charge in [-0.1, -0.05) is 31.0 Å². The first-order chi connectivity index (χ1) is 15.6. The first-order valence-electron chi connectivity index (χ1n) is 12.0. The Hall–Kier alpha value is -2.83. The van der Waals surface area contributed by atoms with Gasteiger partial charge in [-0.15, -0.1) is 0 Å². The van der Waals surface area contributed by atoms with Crippen molar-refractivity contribution in [1.29, 1.82) is 0 Å². The summed E-state index contributed by atoms with van der Waals surface area (Å²) in [6, 6.07) is 8.02. The monoisotopic (exact) mass is 438 g/mol. The van der Waals surface area contributed by atoms with E-state index < -0.39 is 0 Å². The van der Waals surface area contributed by atoms with Crippen LogP contribution in [-0.4, -0.2) is 65.2 Å². The summed E-state index contributed by atoms with van der Waals surface area (Å²) in [5, 5.41) is 4.04. The molecule has 1 aromatic carbocycles. The number of likely N-dealkylation sites (tertiary alicyclic amines) is 1. The molecule has 1 aromatic heterocycles.